The van der Waals surface area contributed by atoms with Crippen LogP contribution in [0.4, 0.5) is 4.39 Å². The first-order valence-electron chi connectivity index (χ1n) is 3.91. The maximum atomic E-state index is 13.1. The van der Waals surface area contributed by atoms with Gasteiger partial charge in [-0.3, -0.25) is 9.80 Å². The molecule has 0 aromatic heterocycles. The Bertz CT molecular complexity index is 95.8. The number of halogens is 1. The molecule has 1 aliphatic rings. The zero-order chi connectivity index (χ0) is 7.56. The Kier molecular flexibility index (Phi) is 2.63. The van der Waals surface area contributed by atoms with E-state index >= 15 is 0 Å². The first-order chi connectivity index (χ1) is 4.79. The quantitative estimate of drug-likeness (QED) is 0.534. The molecular weight excluding hydrogens is 131 g/mol. The molecule has 60 valence electrons. The summed E-state index contributed by atoms with van der Waals surface area (Å²) in [4.78, 5) is 3.67. The van der Waals surface area contributed by atoms with E-state index in [1.807, 2.05) is 23.6 Å². The molecule has 0 unspecified atom stereocenters. The molecule has 0 atom stereocenters. The average molecular weight is 146 g/mol. The van der Waals surface area contributed by atoms with Crippen LogP contribution in [-0.4, -0.2) is 42.4 Å². The molecule has 0 N–H and O–H groups in total. The summed E-state index contributed by atoms with van der Waals surface area (Å²) in [6.07, 6.45) is -0.824. The highest BCUT2D eigenvalue weighted by molar-refractivity contribution is 4.72. The Balaban J connectivity index is 2.41. The molecule has 2 nitrogen and oxygen atoms in total. The second-order valence-corrected chi connectivity index (χ2v) is 2.57. The molecule has 1 saturated heterocycles. The monoisotopic (exact) mass is 146 g/mol. The summed E-state index contributed by atoms with van der Waals surface area (Å²) in [5.74, 6) is 0. The molecule has 1 heterocycles. The molecule has 0 saturated carbocycles. The predicted molar refractivity (Wildman–Crippen MR) is 39.4 cm³/mol. The third-order valence-electron chi connectivity index (χ3n) is 2.09. The lowest BCUT2D eigenvalue weighted by Crippen LogP contribution is -2.34. The van der Waals surface area contributed by atoms with Gasteiger partial charge in [-0.1, -0.05) is 13.8 Å². The van der Waals surface area contributed by atoms with E-state index < -0.39 is 6.42 Å². The van der Waals surface area contributed by atoms with Crippen LogP contribution in [0.25, 0.3) is 0 Å². The van der Waals surface area contributed by atoms with Crippen molar-refractivity contribution in [3.8, 4) is 0 Å². The molecule has 0 radical (unpaired) electrons. The summed E-state index contributed by atoms with van der Waals surface area (Å²) in [6, 6.07) is 0. The summed E-state index contributed by atoms with van der Waals surface area (Å²) in [5.41, 5.74) is 0. The largest absolute Gasteiger partial charge is 0.260 e. The van der Waals surface area contributed by atoms with Crippen molar-refractivity contribution in [3.05, 3.63) is 0 Å². The maximum Gasteiger partial charge on any atom is 0.210 e. The molecular formula is C7H15FN2. The Hall–Kier alpha value is -0.150. The van der Waals surface area contributed by atoms with E-state index in [1.165, 1.54) is 0 Å². The van der Waals surface area contributed by atoms with Crippen LogP contribution in [0.3, 0.4) is 0 Å². The molecule has 0 aromatic carbocycles. The number of hydrogen-bond donors (Lipinski definition) is 0. The van der Waals surface area contributed by atoms with Crippen molar-refractivity contribution >= 4 is 0 Å². The lowest BCUT2D eigenvalue weighted by Gasteiger charge is -2.20. The molecule has 1 rings (SSSR count). The highest BCUT2D eigenvalue weighted by Gasteiger charge is 2.28. The van der Waals surface area contributed by atoms with Gasteiger partial charge < -0.3 is 0 Å². The van der Waals surface area contributed by atoms with Crippen LogP contribution >= 0.6 is 0 Å². The lowest BCUT2D eigenvalue weighted by molar-refractivity contribution is 0.0235. The molecule has 0 amide bonds. The van der Waals surface area contributed by atoms with Gasteiger partial charge in [0.1, 0.15) is 0 Å². The van der Waals surface area contributed by atoms with Crippen LogP contribution in [-0.2, 0) is 0 Å². The van der Waals surface area contributed by atoms with Crippen LogP contribution in [0, 0.1) is 0 Å². The van der Waals surface area contributed by atoms with Crippen LogP contribution in [0.1, 0.15) is 13.8 Å². The Labute approximate surface area is 61.6 Å². The number of rotatable bonds is 2. The number of nitrogens with zero attached hydrogens (tertiary/aromatic N) is 2. The summed E-state index contributed by atoms with van der Waals surface area (Å²) >= 11 is 0. The zero-order valence-corrected chi connectivity index (χ0v) is 6.68. The summed E-state index contributed by atoms with van der Waals surface area (Å²) in [7, 11) is 0. The molecule has 0 spiro atoms. The van der Waals surface area contributed by atoms with Gasteiger partial charge in [0.15, 0.2) is 0 Å². The topological polar surface area (TPSA) is 6.48 Å². The molecule has 0 bridgehead atoms. The standard InChI is InChI=1S/C7H15FN2/c1-3-9-5-6-10(4-2)7(9)8/h7H,3-6H2,1-2H3. The number of hydrogen-bond acceptors (Lipinski definition) is 2. The third kappa shape index (κ3) is 1.30. The zero-order valence-electron chi connectivity index (χ0n) is 6.68. The SMILES string of the molecule is CCN1CCN(CC)C1F. The van der Waals surface area contributed by atoms with Gasteiger partial charge in [-0.25, -0.2) is 4.39 Å². The van der Waals surface area contributed by atoms with Crippen molar-refractivity contribution in [2.45, 2.75) is 20.3 Å². The first-order valence-corrected chi connectivity index (χ1v) is 3.91. The van der Waals surface area contributed by atoms with E-state index in [4.69, 9.17) is 0 Å². The number of likely N-dealkylation sites (N-methyl/N-ethyl adjacent to an activating group) is 2. The van der Waals surface area contributed by atoms with Crippen LogP contribution in [0.5, 0.6) is 0 Å². The van der Waals surface area contributed by atoms with E-state index in [0.29, 0.717) is 0 Å². The Morgan fingerprint density at radius 2 is 1.60 bits per heavy atom. The maximum absolute atomic E-state index is 13.1. The van der Waals surface area contributed by atoms with Gasteiger partial charge in [-0.05, 0) is 13.1 Å². The van der Waals surface area contributed by atoms with E-state index in [1.54, 1.807) is 0 Å². The second kappa shape index (κ2) is 3.30. The minimum absolute atomic E-state index is 0.817. The van der Waals surface area contributed by atoms with E-state index in [9.17, 15) is 4.39 Å². The van der Waals surface area contributed by atoms with Gasteiger partial charge in [0.2, 0.25) is 6.42 Å². The highest BCUT2D eigenvalue weighted by Crippen LogP contribution is 2.13. The molecule has 3 heteroatoms. The van der Waals surface area contributed by atoms with Gasteiger partial charge in [0.25, 0.3) is 0 Å². The van der Waals surface area contributed by atoms with E-state index in [-0.39, 0.29) is 0 Å². The minimum atomic E-state index is -0.824. The van der Waals surface area contributed by atoms with Crippen molar-refractivity contribution in [3.63, 3.8) is 0 Å². The number of alkyl halides is 1. The van der Waals surface area contributed by atoms with Crippen LogP contribution < -0.4 is 0 Å². The highest BCUT2D eigenvalue weighted by atomic mass is 19.1. The molecule has 1 fully saturated rings. The Morgan fingerprint density at radius 1 is 1.20 bits per heavy atom. The lowest BCUT2D eigenvalue weighted by atomic mass is 10.6. The molecule has 10 heavy (non-hydrogen) atoms. The fraction of sp³-hybridized carbons (Fsp3) is 1.00. The van der Waals surface area contributed by atoms with Crippen molar-refractivity contribution in [2.75, 3.05) is 26.2 Å². The van der Waals surface area contributed by atoms with E-state index in [0.717, 1.165) is 26.2 Å². The van der Waals surface area contributed by atoms with Gasteiger partial charge in [-0.15, -0.1) is 0 Å². The summed E-state index contributed by atoms with van der Waals surface area (Å²) in [6.45, 7) is 7.38. The van der Waals surface area contributed by atoms with Gasteiger partial charge >= 0.3 is 0 Å². The van der Waals surface area contributed by atoms with Crippen LogP contribution in [0.15, 0.2) is 0 Å². The normalized spacial score (nSPS) is 24.3. The van der Waals surface area contributed by atoms with Gasteiger partial charge in [0.05, 0.1) is 0 Å². The summed E-state index contributed by atoms with van der Waals surface area (Å²) in [5, 5.41) is 0. The predicted octanol–water partition coefficient (Wildman–Crippen LogP) is 0.897. The van der Waals surface area contributed by atoms with Crippen molar-refractivity contribution in [2.24, 2.45) is 0 Å². The van der Waals surface area contributed by atoms with Crippen molar-refractivity contribution < 1.29 is 4.39 Å². The smallest absolute Gasteiger partial charge is 0.210 e. The Morgan fingerprint density at radius 3 is 1.80 bits per heavy atom. The molecule has 0 aliphatic carbocycles. The van der Waals surface area contributed by atoms with Gasteiger partial charge in [-0.2, -0.15) is 0 Å². The van der Waals surface area contributed by atoms with Crippen molar-refractivity contribution in [1.82, 2.24) is 9.80 Å². The molecule has 0 aromatic rings. The minimum Gasteiger partial charge on any atom is -0.260 e. The fourth-order valence-corrected chi connectivity index (χ4v) is 1.32. The fourth-order valence-electron chi connectivity index (χ4n) is 1.32. The van der Waals surface area contributed by atoms with Crippen LogP contribution in [0.2, 0.25) is 0 Å². The first kappa shape index (κ1) is 7.95. The average Bonchev–Trinajstić information content (AvgIpc) is 2.30. The second-order valence-electron chi connectivity index (χ2n) is 2.57. The van der Waals surface area contributed by atoms with Crippen molar-refractivity contribution in [1.29, 1.82) is 0 Å². The van der Waals surface area contributed by atoms with E-state index in [2.05, 4.69) is 0 Å². The van der Waals surface area contributed by atoms with Gasteiger partial charge in [0, 0.05) is 13.1 Å². The third-order valence-corrected chi connectivity index (χ3v) is 2.09. The molecule has 1 aliphatic heterocycles. The summed E-state index contributed by atoms with van der Waals surface area (Å²) < 4.78 is 13.1.